The fourth-order valence-electron chi connectivity index (χ4n) is 2.16. The SMILES string of the molecule is CCN1C(=O)OC2(CCN(C)CC2)C1=O. The largest absolute Gasteiger partial charge is 0.432 e. The van der Waals surface area contributed by atoms with Gasteiger partial charge in [-0.3, -0.25) is 4.79 Å². The van der Waals surface area contributed by atoms with E-state index in [1.807, 2.05) is 7.05 Å². The first-order valence-electron chi connectivity index (χ1n) is 5.32. The highest BCUT2D eigenvalue weighted by atomic mass is 16.6. The highest BCUT2D eigenvalue weighted by Crippen LogP contribution is 2.33. The zero-order valence-corrected chi connectivity index (χ0v) is 9.15. The number of hydrogen-bond donors (Lipinski definition) is 0. The molecule has 0 bridgehead atoms. The van der Waals surface area contributed by atoms with Crippen molar-refractivity contribution in [3.8, 4) is 0 Å². The maximum atomic E-state index is 12.0. The van der Waals surface area contributed by atoms with E-state index < -0.39 is 11.7 Å². The molecule has 2 heterocycles. The minimum Gasteiger partial charge on any atom is -0.432 e. The quantitative estimate of drug-likeness (QED) is 0.633. The summed E-state index contributed by atoms with van der Waals surface area (Å²) in [6.07, 6.45) is 0.752. The van der Waals surface area contributed by atoms with Gasteiger partial charge in [0.1, 0.15) is 0 Å². The van der Waals surface area contributed by atoms with Crippen molar-refractivity contribution in [3.05, 3.63) is 0 Å². The van der Waals surface area contributed by atoms with Gasteiger partial charge in [-0.25, -0.2) is 9.69 Å². The van der Waals surface area contributed by atoms with E-state index in [0.29, 0.717) is 19.4 Å². The van der Waals surface area contributed by atoms with Crippen LogP contribution in [0.5, 0.6) is 0 Å². The second kappa shape index (κ2) is 3.48. The van der Waals surface area contributed by atoms with Crippen molar-refractivity contribution in [2.75, 3.05) is 26.7 Å². The first-order valence-corrected chi connectivity index (χ1v) is 5.32. The lowest BCUT2D eigenvalue weighted by atomic mass is 9.91. The van der Waals surface area contributed by atoms with E-state index in [1.165, 1.54) is 4.90 Å². The van der Waals surface area contributed by atoms with Crippen LogP contribution in [-0.2, 0) is 9.53 Å². The summed E-state index contributed by atoms with van der Waals surface area (Å²) >= 11 is 0. The molecule has 2 aliphatic rings. The summed E-state index contributed by atoms with van der Waals surface area (Å²) in [5.74, 6) is -0.150. The average molecular weight is 212 g/mol. The van der Waals surface area contributed by atoms with Crippen molar-refractivity contribution < 1.29 is 14.3 Å². The molecule has 0 aromatic heterocycles. The van der Waals surface area contributed by atoms with Crippen molar-refractivity contribution in [1.82, 2.24) is 9.80 Å². The van der Waals surface area contributed by atoms with E-state index >= 15 is 0 Å². The van der Waals surface area contributed by atoms with E-state index in [2.05, 4.69) is 4.90 Å². The van der Waals surface area contributed by atoms with E-state index in [9.17, 15) is 9.59 Å². The molecule has 2 saturated heterocycles. The number of likely N-dealkylation sites (tertiary alicyclic amines) is 1. The van der Waals surface area contributed by atoms with Crippen LogP contribution in [0.1, 0.15) is 19.8 Å². The number of likely N-dealkylation sites (N-methyl/N-ethyl adjacent to an activating group) is 1. The predicted molar refractivity (Wildman–Crippen MR) is 53.3 cm³/mol. The minimum absolute atomic E-state index is 0.150. The third kappa shape index (κ3) is 1.51. The maximum absolute atomic E-state index is 12.0. The number of nitrogens with zero attached hydrogens (tertiary/aromatic N) is 2. The van der Waals surface area contributed by atoms with Gasteiger partial charge < -0.3 is 9.64 Å². The number of hydrogen-bond acceptors (Lipinski definition) is 4. The summed E-state index contributed by atoms with van der Waals surface area (Å²) in [5.41, 5.74) is -0.848. The highest BCUT2D eigenvalue weighted by Gasteiger charge is 2.54. The molecule has 0 saturated carbocycles. The van der Waals surface area contributed by atoms with Gasteiger partial charge in [-0.05, 0) is 14.0 Å². The van der Waals surface area contributed by atoms with Gasteiger partial charge in [0.2, 0.25) is 0 Å². The van der Waals surface area contributed by atoms with Crippen LogP contribution in [0.4, 0.5) is 4.79 Å². The Hall–Kier alpha value is -1.10. The standard InChI is InChI=1S/C10H16N2O3/c1-3-12-8(13)10(15-9(12)14)4-6-11(2)7-5-10/h3-7H2,1-2H3. The summed E-state index contributed by atoms with van der Waals surface area (Å²) in [6.45, 7) is 3.79. The Balaban J connectivity index is 2.17. The molecular weight excluding hydrogens is 196 g/mol. The van der Waals surface area contributed by atoms with Crippen LogP contribution in [0.25, 0.3) is 0 Å². The van der Waals surface area contributed by atoms with E-state index in [0.717, 1.165) is 13.1 Å². The van der Waals surface area contributed by atoms with Gasteiger partial charge in [0.25, 0.3) is 5.91 Å². The molecule has 1 spiro atoms. The molecule has 15 heavy (non-hydrogen) atoms. The van der Waals surface area contributed by atoms with Crippen molar-refractivity contribution in [2.24, 2.45) is 0 Å². The Morgan fingerprint density at radius 2 is 1.93 bits per heavy atom. The first kappa shape index (κ1) is 10.4. The molecule has 0 atom stereocenters. The second-order valence-corrected chi connectivity index (χ2v) is 4.21. The normalized spacial score (nSPS) is 26.1. The number of amides is 2. The van der Waals surface area contributed by atoms with Crippen molar-refractivity contribution in [2.45, 2.75) is 25.4 Å². The topological polar surface area (TPSA) is 49.9 Å². The number of ether oxygens (including phenoxy) is 1. The van der Waals surface area contributed by atoms with Gasteiger partial charge in [-0.15, -0.1) is 0 Å². The lowest BCUT2D eigenvalue weighted by molar-refractivity contribution is -0.140. The Kier molecular flexibility index (Phi) is 2.42. The molecular formula is C10H16N2O3. The van der Waals surface area contributed by atoms with Crippen molar-refractivity contribution >= 4 is 12.0 Å². The van der Waals surface area contributed by atoms with Crippen molar-refractivity contribution in [1.29, 1.82) is 0 Å². The molecule has 84 valence electrons. The van der Waals surface area contributed by atoms with Gasteiger partial charge >= 0.3 is 6.09 Å². The van der Waals surface area contributed by atoms with E-state index in [1.54, 1.807) is 6.92 Å². The summed E-state index contributed by atoms with van der Waals surface area (Å²) in [4.78, 5) is 26.8. The summed E-state index contributed by atoms with van der Waals surface area (Å²) < 4.78 is 5.26. The van der Waals surface area contributed by atoms with Gasteiger partial charge in [-0.1, -0.05) is 0 Å². The van der Waals surface area contributed by atoms with Crippen LogP contribution < -0.4 is 0 Å². The molecule has 0 radical (unpaired) electrons. The van der Waals surface area contributed by atoms with Gasteiger partial charge in [0.05, 0.1) is 0 Å². The lowest BCUT2D eigenvalue weighted by Crippen LogP contribution is -2.49. The van der Waals surface area contributed by atoms with Crippen LogP contribution >= 0.6 is 0 Å². The average Bonchev–Trinajstić information content (AvgIpc) is 2.44. The van der Waals surface area contributed by atoms with Gasteiger partial charge in [0, 0.05) is 32.5 Å². The summed E-state index contributed by atoms with van der Waals surface area (Å²) in [5, 5.41) is 0. The van der Waals surface area contributed by atoms with Crippen LogP contribution in [0.3, 0.4) is 0 Å². The molecule has 0 aliphatic carbocycles. The van der Waals surface area contributed by atoms with E-state index in [-0.39, 0.29) is 5.91 Å². The number of rotatable bonds is 1. The van der Waals surface area contributed by atoms with Gasteiger partial charge in [0.15, 0.2) is 5.60 Å². The Labute approximate surface area is 89.0 Å². The fourth-order valence-corrected chi connectivity index (χ4v) is 2.16. The van der Waals surface area contributed by atoms with Crippen LogP contribution in [0.2, 0.25) is 0 Å². The Bertz CT molecular complexity index is 295. The number of carbonyl (C=O) groups excluding carboxylic acids is 2. The molecule has 2 aliphatic heterocycles. The number of carbonyl (C=O) groups is 2. The van der Waals surface area contributed by atoms with E-state index in [4.69, 9.17) is 4.74 Å². The second-order valence-electron chi connectivity index (χ2n) is 4.21. The molecule has 5 heteroatoms. The Morgan fingerprint density at radius 1 is 1.33 bits per heavy atom. The minimum atomic E-state index is -0.848. The molecule has 5 nitrogen and oxygen atoms in total. The first-order chi connectivity index (χ1) is 7.09. The predicted octanol–water partition coefficient (Wildman–Crippen LogP) is 0.449. The zero-order chi connectivity index (χ0) is 11.1. The zero-order valence-electron chi connectivity index (χ0n) is 9.15. The summed E-state index contributed by atoms with van der Waals surface area (Å²) in [7, 11) is 2.01. The molecule has 2 fully saturated rings. The lowest BCUT2D eigenvalue weighted by Gasteiger charge is -2.33. The maximum Gasteiger partial charge on any atom is 0.417 e. The van der Waals surface area contributed by atoms with Crippen LogP contribution in [-0.4, -0.2) is 54.1 Å². The molecule has 0 unspecified atom stereocenters. The third-order valence-corrected chi connectivity index (χ3v) is 3.25. The smallest absolute Gasteiger partial charge is 0.417 e. The van der Waals surface area contributed by atoms with Crippen LogP contribution in [0, 0.1) is 0 Å². The number of imide groups is 1. The highest BCUT2D eigenvalue weighted by molar-refractivity contribution is 6.02. The third-order valence-electron chi connectivity index (χ3n) is 3.25. The molecule has 0 N–H and O–H groups in total. The monoisotopic (exact) mass is 212 g/mol. The number of piperidine rings is 1. The molecule has 0 aromatic rings. The van der Waals surface area contributed by atoms with Crippen molar-refractivity contribution in [3.63, 3.8) is 0 Å². The Morgan fingerprint density at radius 3 is 2.40 bits per heavy atom. The van der Waals surface area contributed by atoms with Crippen LogP contribution in [0.15, 0.2) is 0 Å². The van der Waals surface area contributed by atoms with Gasteiger partial charge in [-0.2, -0.15) is 0 Å². The summed E-state index contributed by atoms with van der Waals surface area (Å²) in [6, 6.07) is 0. The molecule has 2 rings (SSSR count). The molecule has 0 aromatic carbocycles. The molecule has 2 amide bonds. The fraction of sp³-hybridized carbons (Fsp3) is 0.800.